The molecule has 2 rings (SSSR count). The first kappa shape index (κ1) is 22.1. The van der Waals surface area contributed by atoms with Crippen LogP contribution in [0.2, 0.25) is 0 Å². The van der Waals surface area contributed by atoms with Crippen molar-refractivity contribution in [2.45, 2.75) is 45.8 Å². The summed E-state index contributed by atoms with van der Waals surface area (Å²) in [5, 5.41) is 2.68. The smallest absolute Gasteiger partial charge is 0.413 e. The van der Waals surface area contributed by atoms with E-state index in [1.54, 1.807) is 39.8 Å². The summed E-state index contributed by atoms with van der Waals surface area (Å²) < 4.78 is 10.6. The van der Waals surface area contributed by atoms with Crippen LogP contribution < -0.4 is 5.32 Å². The predicted molar refractivity (Wildman–Crippen MR) is 113 cm³/mol. The van der Waals surface area contributed by atoms with Gasteiger partial charge in [0.1, 0.15) is 11.4 Å². The number of benzene rings is 2. The molecule has 0 aromatic heterocycles. The molecule has 154 valence electrons. The Bertz CT molecular complexity index is 827. The number of amidine groups is 1. The lowest BCUT2D eigenvalue weighted by atomic mass is 10.1. The zero-order chi connectivity index (χ0) is 21.3. The number of amides is 1. The largest absolute Gasteiger partial charge is 0.464 e. The van der Waals surface area contributed by atoms with Crippen LogP contribution in [0.3, 0.4) is 0 Å². The number of aliphatic imine (C=N–C) groups is 1. The van der Waals surface area contributed by atoms with Gasteiger partial charge in [0.25, 0.3) is 0 Å². The average Bonchev–Trinajstić information content (AvgIpc) is 2.67. The minimum absolute atomic E-state index is 0.250. The maximum absolute atomic E-state index is 12.6. The molecule has 0 saturated heterocycles. The van der Waals surface area contributed by atoms with Gasteiger partial charge in [0.2, 0.25) is 0 Å². The van der Waals surface area contributed by atoms with Gasteiger partial charge in [-0.15, -0.1) is 0 Å². The average molecular weight is 396 g/mol. The van der Waals surface area contributed by atoms with Crippen LogP contribution in [0.4, 0.5) is 4.79 Å². The van der Waals surface area contributed by atoms with Crippen molar-refractivity contribution in [3.63, 3.8) is 0 Å². The SMILES string of the molecule is CCOC(=O)C(Cc1ccccc1)N=C(NC(=O)OC(C)(C)C)c1ccccc1. The van der Waals surface area contributed by atoms with Gasteiger partial charge >= 0.3 is 12.1 Å². The van der Waals surface area contributed by atoms with Crippen LogP contribution in [0.25, 0.3) is 0 Å². The molecule has 0 saturated carbocycles. The van der Waals surface area contributed by atoms with Crippen molar-refractivity contribution in [3.8, 4) is 0 Å². The first-order chi connectivity index (χ1) is 13.8. The topological polar surface area (TPSA) is 77.0 Å². The maximum Gasteiger partial charge on any atom is 0.413 e. The molecule has 0 aliphatic rings. The summed E-state index contributed by atoms with van der Waals surface area (Å²) in [6, 6.07) is 17.9. The molecule has 6 heteroatoms. The first-order valence-electron chi connectivity index (χ1n) is 9.62. The molecule has 0 heterocycles. The van der Waals surface area contributed by atoms with E-state index in [0.29, 0.717) is 12.0 Å². The van der Waals surface area contributed by atoms with Gasteiger partial charge in [-0.25, -0.2) is 9.59 Å². The molecule has 1 unspecified atom stereocenters. The molecule has 0 aliphatic carbocycles. The van der Waals surface area contributed by atoms with E-state index in [9.17, 15) is 9.59 Å². The lowest BCUT2D eigenvalue weighted by Crippen LogP contribution is -2.38. The molecule has 1 N–H and O–H groups in total. The third-order valence-corrected chi connectivity index (χ3v) is 3.78. The van der Waals surface area contributed by atoms with Crippen LogP contribution in [0.15, 0.2) is 65.7 Å². The van der Waals surface area contributed by atoms with E-state index in [0.717, 1.165) is 5.56 Å². The zero-order valence-electron chi connectivity index (χ0n) is 17.3. The first-order valence-corrected chi connectivity index (χ1v) is 9.62. The molecule has 0 fully saturated rings. The number of nitrogens with one attached hydrogen (secondary N) is 1. The highest BCUT2D eigenvalue weighted by atomic mass is 16.6. The Morgan fingerprint density at radius 1 is 1.00 bits per heavy atom. The van der Waals surface area contributed by atoms with Gasteiger partial charge in [-0.3, -0.25) is 10.3 Å². The predicted octanol–water partition coefficient (Wildman–Crippen LogP) is 4.13. The molecule has 1 atom stereocenters. The minimum atomic E-state index is -0.803. The van der Waals surface area contributed by atoms with Gasteiger partial charge in [-0.2, -0.15) is 0 Å². The van der Waals surface area contributed by atoms with Crippen molar-refractivity contribution < 1.29 is 19.1 Å². The maximum atomic E-state index is 12.6. The zero-order valence-corrected chi connectivity index (χ0v) is 17.3. The van der Waals surface area contributed by atoms with Crippen molar-refractivity contribution in [3.05, 3.63) is 71.8 Å². The fourth-order valence-electron chi connectivity index (χ4n) is 2.59. The Morgan fingerprint density at radius 2 is 1.59 bits per heavy atom. The summed E-state index contributed by atoms with van der Waals surface area (Å²) in [5.74, 6) is -0.190. The Kier molecular flexibility index (Phi) is 7.95. The van der Waals surface area contributed by atoms with E-state index < -0.39 is 23.7 Å². The Balaban J connectivity index is 2.37. The normalized spacial score (nSPS) is 12.8. The van der Waals surface area contributed by atoms with Crippen molar-refractivity contribution in [1.29, 1.82) is 0 Å². The third-order valence-electron chi connectivity index (χ3n) is 3.78. The Labute approximate surface area is 171 Å². The van der Waals surface area contributed by atoms with E-state index in [-0.39, 0.29) is 12.4 Å². The molecular formula is C23H28N2O4. The summed E-state index contributed by atoms with van der Waals surface area (Å²) in [7, 11) is 0. The summed E-state index contributed by atoms with van der Waals surface area (Å²) in [6.07, 6.45) is -0.283. The fourth-order valence-corrected chi connectivity index (χ4v) is 2.59. The number of ether oxygens (including phenoxy) is 2. The monoisotopic (exact) mass is 396 g/mol. The number of hydrogen-bond donors (Lipinski definition) is 1. The van der Waals surface area contributed by atoms with Gasteiger partial charge in [0, 0.05) is 12.0 Å². The minimum Gasteiger partial charge on any atom is -0.464 e. The lowest BCUT2D eigenvalue weighted by molar-refractivity contribution is -0.144. The molecule has 29 heavy (non-hydrogen) atoms. The van der Waals surface area contributed by atoms with E-state index in [4.69, 9.17) is 9.47 Å². The van der Waals surface area contributed by atoms with E-state index >= 15 is 0 Å². The van der Waals surface area contributed by atoms with Crippen molar-refractivity contribution in [2.75, 3.05) is 6.61 Å². The number of alkyl carbamates (subject to hydrolysis) is 1. The molecule has 0 aliphatic heterocycles. The van der Waals surface area contributed by atoms with Crippen LogP contribution in [-0.4, -0.2) is 36.1 Å². The van der Waals surface area contributed by atoms with Crippen molar-refractivity contribution in [2.24, 2.45) is 4.99 Å². The number of hydrogen-bond acceptors (Lipinski definition) is 5. The summed E-state index contributed by atoms with van der Waals surface area (Å²) in [5.41, 5.74) is 0.955. The highest BCUT2D eigenvalue weighted by molar-refractivity contribution is 6.07. The summed E-state index contributed by atoms with van der Waals surface area (Å²) in [4.78, 5) is 29.5. The van der Waals surface area contributed by atoms with Gasteiger partial charge in [0.05, 0.1) is 6.61 Å². The Hall–Kier alpha value is -3.15. The van der Waals surface area contributed by atoms with Gasteiger partial charge in [0.15, 0.2) is 6.04 Å². The number of esters is 1. The molecule has 2 aromatic carbocycles. The number of carbonyl (C=O) groups excluding carboxylic acids is 2. The van der Waals surface area contributed by atoms with Gasteiger partial charge in [-0.05, 0) is 33.3 Å². The molecule has 6 nitrogen and oxygen atoms in total. The van der Waals surface area contributed by atoms with E-state index in [1.165, 1.54) is 0 Å². The number of carbonyl (C=O) groups is 2. The van der Waals surface area contributed by atoms with E-state index in [1.807, 2.05) is 48.5 Å². The Morgan fingerprint density at radius 3 is 2.14 bits per heavy atom. The second kappa shape index (κ2) is 10.4. The lowest BCUT2D eigenvalue weighted by Gasteiger charge is -2.21. The number of rotatable bonds is 6. The van der Waals surface area contributed by atoms with Gasteiger partial charge in [-0.1, -0.05) is 60.7 Å². The molecule has 1 amide bonds. The molecule has 0 spiro atoms. The summed E-state index contributed by atoms with van der Waals surface area (Å²) >= 11 is 0. The highest BCUT2D eigenvalue weighted by Gasteiger charge is 2.23. The van der Waals surface area contributed by atoms with Crippen molar-refractivity contribution in [1.82, 2.24) is 5.32 Å². The fraction of sp³-hybridized carbons (Fsp3) is 0.348. The number of nitrogens with zero attached hydrogens (tertiary/aromatic N) is 1. The third kappa shape index (κ3) is 7.78. The standard InChI is InChI=1S/C23H28N2O4/c1-5-28-21(26)19(16-17-12-8-6-9-13-17)24-20(18-14-10-7-11-15-18)25-22(27)29-23(2,3)4/h6-15,19H,5,16H2,1-4H3,(H,24,25,27). The van der Waals surface area contributed by atoms with E-state index in [2.05, 4.69) is 10.3 Å². The van der Waals surface area contributed by atoms with Crippen LogP contribution in [0.1, 0.15) is 38.8 Å². The van der Waals surface area contributed by atoms with Crippen LogP contribution in [0.5, 0.6) is 0 Å². The molecular weight excluding hydrogens is 368 g/mol. The molecule has 0 bridgehead atoms. The summed E-state index contributed by atoms with van der Waals surface area (Å²) in [6.45, 7) is 7.34. The highest BCUT2D eigenvalue weighted by Crippen LogP contribution is 2.12. The molecule has 2 aromatic rings. The van der Waals surface area contributed by atoms with Crippen LogP contribution >= 0.6 is 0 Å². The quantitative estimate of drug-likeness (QED) is 0.452. The second-order valence-electron chi connectivity index (χ2n) is 7.43. The molecule has 0 radical (unpaired) electrons. The van der Waals surface area contributed by atoms with Crippen molar-refractivity contribution >= 4 is 17.9 Å². The van der Waals surface area contributed by atoms with Gasteiger partial charge < -0.3 is 9.47 Å². The van der Waals surface area contributed by atoms with Crippen LogP contribution in [-0.2, 0) is 20.7 Å². The second-order valence-corrected chi connectivity index (χ2v) is 7.43. The van der Waals surface area contributed by atoms with Crippen LogP contribution in [0, 0.1) is 0 Å².